The minimum Gasteiger partial charge on any atom is -0.493 e. The van der Waals surface area contributed by atoms with E-state index in [1.165, 1.54) is 0 Å². The van der Waals surface area contributed by atoms with Gasteiger partial charge in [0.25, 0.3) is 5.56 Å². The summed E-state index contributed by atoms with van der Waals surface area (Å²) in [5, 5.41) is 9.96. The molecule has 100 valence electrons. The van der Waals surface area contributed by atoms with E-state index in [0.717, 1.165) is 5.56 Å². The van der Waals surface area contributed by atoms with Crippen LogP contribution >= 0.6 is 0 Å². The van der Waals surface area contributed by atoms with Crippen molar-refractivity contribution in [2.45, 2.75) is 20.5 Å². The molecule has 2 rings (SSSR count). The van der Waals surface area contributed by atoms with Gasteiger partial charge < -0.3 is 14.8 Å². The van der Waals surface area contributed by atoms with Gasteiger partial charge in [0.05, 0.1) is 0 Å². The molecule has 0 spiro atoms. The third-order valence-electron chi connectivity index (χ3n) is 2.81. The lowest BCUT2D eigenvalue weighted by Gasteiger charge is -2.08. The lowest BCUT2D eigenvalue weighted by atomic mass is 10.0. The van der Waals surface area contributed by atoms with Crippen LogP contribution in [0, 0.1) is 6.92 Å². The SMILES string of the molecule is CCOCc1nc(O)c(-c2ccccc2C)c(=O)[nH]1. The van der Waals surface area contributed by atoms with E-state index in [1.807, 2.05) is 32.0 Å². The van der Waals surface area contributed by atoms with E-state index in [9.17, 15) is 9.90 Å². The van der Waals surface area contributed by atoms with Crippen LogP contribution in [0.25, 0.3) is 11.1 Å². The summed E-state index contributed by atoms with van der Waals surface area (Å²) >= 11 is 0. The number of hydrogen-bond acceptors (Lipinski definition) is 4. The Hall–Kier alpha value is -2.14. The van der Waals surface area contributed by atoms with Crippen LogP contribution in [0.15, 0.2) is 29.1 Å². The Morgan fingerprint density at radius 2 is 2.11 bits per heavy atom. The Morgan fingerprint density at radius 1 is 1.37 bits per heavy atom. The van der Waals surface area contributed by atoms with Crippen molar-refractivity contribution in [3.05, 3.63) is 46.0 Å². The van der Waals surface area contributed by atoms with Crippen molar-refractivity contribution in [2.24, 2.45) is 0 Å². The van der Waals surface area contributed by atoms with Crippen LogP contribution in [0.2, 0.25) is 0 Å². The fraction of sp³-hybridized carbons (Fsp3) is 0.286. The standard InChI is InChI=1S/C14H16N2O3/c1-3-19-8-11-15-13(17)12(14(18)16-11)10-7-5-4-6-9(10)2/h4-7H,3,8H2,1-2H3,(H2,15,16,17,18). The molecular weight excluding hydrogens is 244 g/mol. The van der Waals surface area contributed by atoms with Crippen LogP contribution in [-0.2, 0) is 11.3 Å². The van der Waals surface area contributed by atoms with Crippen molar-refractivity contribution < 1.29 is 9.84 Å². The normalized spacial score (nSPS) is 10.6. The first-order valence-electron chi connectivity index (χ1n) is 6.09. The lowest BCUT2D eigenvalue weighted by molar-refractivity contribution is 0.127. The van der Waals surface area contributed by atoms with E-state index in [-0.39, 0.29) is 23.6 Å². The lowest BCUT2D eigenvalue weighted by Crippen LogP contribution is -2.15. The van der Waals surface area contributed by atoms with Gasteiger partial charge in [0.15, 0.2) is 0 Å². The summed E-state index contributed by atoms with van der Waals surface area (Å²) < 4.78 is 5.16. The number of rotatable bonds is 4. The first-order chi connectivity index (χ1) is 9.13. The molecule has 0 atom stereocenters. The highest BCUT2D eigenvalue weighted by atomic mass is 16.5. The molecule has 0 saturated carbocycles. The van der Waals surface area contributed by atoms with Gasteiger partial charge in [-0.2, -0.15) is 4.98 Å². The van der Waals surface area contributed by atoms with Crippen molar-refractivity contribution >= 4 is 0 Å². The zero-order valence-corrected chi connectivity index (χ0v) is 10.9. The minimum absolute atomic E-state index is 0.174. The molecule has 0 saturated heterocycles. The Morgan fingerprint density at radius 3 is 2.74 bits per heavy atom. The molecule has 0 radical (unpaired) electrons. The molecule has 1 aromatic carbocycles. The number of hydrogen-bond donors (Lipinski definition) is 2. The molecule has 2 aromatic rings. The number of aromatic amines is 1. The van der Waals surface area contributed by atoms with Gasteiger partial charge in [-0.15, -0.1) is 0 Å². The molecule has 1 heterocycles. The van der Waals surface area contributed by atoms with Gasteiger partial charge in [-0.1, -0.05) is 24.3 Å². The molecule has 0 fully saturated rings. The summed E-state index contributed by atoms with van der Waals surface area (Å²) in [5.74, 6) is 0.0504. The predicted molar refractivity (Wildman–Crippen MR) is 72.0 cm³/mol. The number of benzene rings is 1. The van der Waals surface area contributed by atoms with Gasteiger partial charge in [0.2, 0.25) is 5.88 Å². The number of ether oxygens (including phenoxy) is 1. The average molecular weight is 260 g/mol. The molecule has 2 N–H and O–H groups in total. The maximum Gasteiger partial charge on any atom is 0.262 e. The first kappa shape index (κ1) is 13.3. The second kappa shape index (κ2) is 5.67. The highest BCUT2D eigenvalue weighted by Crippen LogP contribution is 2.26. The Labute approximate surface area is 110 Å². The summed E-state index contributed by atoms with van der Waals surface area (Å²) in [6.07, 6.45) is 0. The highest BCUT2D eigenvalue weighted by Gasteiger charge is 2.14. The Balaban J connectivity index is 2.49. The van der Waals surface area contributed by atoms with E-state index in [4.69, 9.17) is 4.74 Å². The third-order valence-corrected chi connectivity index (χ3v) is 2.81. The second-order valence-corrected chi connectivity index (χ2v) is 4.16. The number of nitrogens with one attached hydrogen (secondary N) is 1. The van der Waals surface area contributed by atoms with E-state index in [1.54, 1.807) is 6.07 Å². The molecule has 0 aliphatic rings. The molecule has 1 aromatic heterocycles. The number of aryl methyl sites for hydroxylation is 1. The summed E-state index contributed by atoms with van der Waals surface area (Å²) in [6.45, 7) is 4.42. The van der Waals surface area contributed by atoms with Crippen LogP contribution in [0.1, 0.15) is 18.3 Å². The molecule has 0 bridgehead atoms. The number of aromatic hydroxyl groups is 1. The van der Waals surface area contributed by atoms with Gasteiger partial charge in [-0.3, -0.25) is 4.79 Å². The zero-order chi connectivity index (χ0) is 13.8. The summed E-state index contributed by atoms with van der Waals surface area (Å²) in [6, 6.07) is 7.35. The maximum atomic E-state index is 12.1. The van der Waals surface area contributed by atoms with Crippen molar-refractivity contribution in [1.29, 1.82) is 0 Å². The van der Waals surface area contributed by atoms with Crippen LogP contribution in [-0.4, -0.2) is 21.7 Å². The smallest absolute Gasteiger partial charge is 0.262 e. The summed E-state index contributed by atoms with van der Waals surface area (Å²) in [4.78, 5) is 18.7. The second-order valence-electron chi connectivity index (χ2n) is 4.16. The monoisotopic (exact) mass is 260 g/mol. The Kier molecular flexibility index (Phi) is 3.97. The summed E-state index contributed by atoms with van der Waals surface area (Å²) in [5.41, 5.74) is 1.41. The van der Waals surface area contributed by atoms with Gasteiger partial charge in [0, 0.05) is 6.61 Å². The van der Waals surface area contributed by atoms with E-state index in [0.29, 0.717) is 18.0 Å². The van der Waals surface area contributed by atoms with Crippen LogP contribution in [0.4, 0.5) is 0 Å². The van der Waals surface area contributed by atoms with Crippen LogP contribution < -0.4 is 5.56 Å². The van der Waals surface area contributed by atoms with E-state index >= 15 is 0 Å². The van der Waals surface area contributed by atoms with Gasteiger partial charge in [-0.25, -0.2) is 0 Å². The number of H-pyrrole nitrogens is 1. The Bertz CT molecular complexity index is 635. The van der Waals surface area contributed by atoms with Gasteiger partial charge >= 0.3 is 0 Å². The topological polar surface area (TPSA) is 75.2 Å². The zero-order valence-electron chi connectivity index (χ0n) is 10.9. The fourth-order valence-corrected chi connectivity index (χ4v) is 1.87. The molecule has 0 aliphatic heterocycles. The first-order valence-corrected chi connectivity index (χ1v) is 6.09. The average Bonchev–Trinajstić information content (AvgIpc) is 2.38. The molecule has 19 heavy (non-hydrogen) atoms. The van der Waals surface area contributed by atoms with E-state index in [2.05, 4.69) is 9.97 Å². The van der Waals surface area contributed by atoms with Gasteiger partial charge in [0.1, 0.15) is 18.0 Å². The van der Waals surface area contributed by atoms with Crippen LogP contribution in [0.3, 0.4) is 0 Å². The van der Waals surface area contributed by atoms with Crippen molar-refractivity contribution in [3.8, 4) is 17.0 Å². The fourth-order valence-electron chi connectivity index (χ4n) is 1.87. The molecule has 0 aliphatic carbocycles. The predicted octanol–water partition coefficient (Wildman–Crippen LogP) is 1.99. The minimum atomic E-state index is -0.364. The molecule has 5 heteroatoms. The van der Waals surface area contributed by atoms with Crippen molar-refractivity contribution in [3.63, 3.8) is 0 Å². The van der Waals surface area contributed by atoms with E-state index < -0.39 is 0 Å². The quantitative estimate of drug-likeness (QED) is 0.881. The maximum absolute atomic E-state index is 12.1. The van der Waals surface area contributed by atoms with Crippen LogP contribution in [0.5, 0.6) is 5.88 Å². The molecule has 0 amide bonds. The van der Waals surface area contributed by atoms with Gasteiger partial charge in [-0.05, 0) is 25.0 Å². The number of nitrogens with zero attached hydrogens (tertiary/aromatic N) is 1. The third kappa shape index (κ3) is 2.82. The molecule has 5 nitrogen and oxygen atoms in total. The summed E-state index contributed by atoms with van der Waals surface area (Å²) in [7, 11) is 0. The van der Waals surface area contributed by atoms with Crippen molar-refractivity contribution in [1.82, 2.24) is 9.97 Å². The molecular formula is C14H16N2O3. The largest absolute Gasteiger partial charge is 0.493 e. The molecule has 0 unspecified atom stereocenters. The number of aromatic nitrogens is 2. The van der Waals surface area contributed by atoms with Crippen molar-refractivity contribution in [2.75, 3.05) is 6.61 Å². The highest BCUT2D eigenvalue weighted by molar-refractivity contribution is 5.70.